The lowest BCUT2D eigenvalue weighted by molar-refractivity contribution is 0.0600. The molecule has 0 fully saturated rings. The van der Waals surface area contributed by atoms with E-state index in [1.807, 2.05) is 25.6 Å². The van der Waals surface area contributed by atoms with Crippen LogP contribution in [0.3, 0.4) is 0 Å². The van der Waals surface area contributed by atoms with Crippen LogP contribution in [0.2, 0.25) is 0 Å². The highest BCUT2D eigenvalue weighted by Crippen LogP contribution is 2.14. The summed E-state index contributed by atoms with van der Waals surface area (Å²) in [6, 6.07) is 11.9. The van der Waals surface area contributed by atoms with Crippen molar-refractivity contribution in [3.63, 3.8) is 0 Å². The number of aliphatic imine (C=N–C) groups is 1. The molecular weight excluding hydrogens is 425 g/mol. The summed E-state index contributed by atoms with van der Waals surface area (Å²) in [5.41, 5.74) is 4.27. The van der Waals surface area contributed by atoms with E-state index >= 15 is 0 Å². The molecular formula is C24H26FN5O3. The number of aromatic nitrogens is 2. The quantitative estimate of drug-likeness (QED) is 0.340. The van der Waals surface area contributed by atoms with Gasteiger partial charge in [0.1, 0.15) is 5.82 Å². The third-order valence-corrected chi connectivity index (χ3v) is 5.18. The van der Waals surface area contributed by atoms with Gasteiger partial charge in [-0.3, -0.25) is 19.8 Å². The molecule has 0 aliphatic rings. The van der Waals surface area contributed by atoms with Gasteiger partial charge >= 0.3 is 5.97 Å². The number of nitrogens with one attached hydrogen (secondary N) is 2. The summed E-state index contributed by atoms with van der Waals surface area (Å²) in [5, 5.41) is 10.2. The van der Waals surface area contributed by atoms with Gasteiger partial charge in [0.05, 0.1) is 18.4 Å². The van der Waals surface area contributed by atoms with E-state index in [0.29, 0.717) is 24.2 Å². The van der Waals surface area contributed by atoms with E-state index in [9.17, 15) is 14.0 Å². The van der Waals surface area contributed by atoms with E-state index in [1.54, 1.807) is 24.3 Å². The van der Waals surface area contributed by atoms with Crippen LogP contribution in [0, 0.1) is 19.7 Å². The fraction of sp³-hybridized carbons (Fsp3) is 0.250. The number of anilines is 1. The minimum atomic E-state index is -0.477. The normalized spacial score (nSPS) is 11.2. The molecule has 0 unspecified atom stereocenters. The van der Waals surface area contributed by atoms with Gasteiger partial charge in [-0.25, -0.2) is 9.18 Å². The van der Waals surface area contributed by atoms with E-state index in [4.69, 9.17) is 4.74 Å². The lowest BCUT2D eigenvalue weighted by Crippen LogP contribution is -2.36. The lowest BCUT2D eigenvalue weighted by atomic mass is 10.1. The Labute approximate surface area is 191 Å². The van der Waals surface area contributed by atoms with Gasteiger partial charge in [0.25, 0.3) is 5.91 Å². The number of carbonyl (C=O) groups excluding carboxylic acids is 2. The predicted octanol–water partition coefficient (Wildman–Crippen LogP) is 3.40. The van der Waals surface area contributed by atoms with Crippen LogP contribution in [0.25, 0.3) is 0 Å². The van der Waals surface area contributed by atoms with Crippen LogP contribution in [-0.2, 0) is 18.2 Å². The monoisotopic (exact) mass is 451 g/mol. The summed E-state index contributed by atoms with van der Waals surface area (Å²) in [4.78, 5) is 29.1. The number of hydrogen-bond donors (Lipinski definition) is 2. The highest BCUT2D eigenvalue weighted by Gasteiger charge is 2.13. The standard InChI is InChI=1S/C24H26FN5O3/c1-15-21(16(2)30(3)29-15)12-13-26-24(28-22(31)17-8-10-19(25)11-9-17)27-20-7-5-6-18(14-20)23(32)33-4/h5-11,14H,12-13H2,1-4H3,(H2,26,27,28,31). The van der Waals surface area contributed by atoms with Crippen molar-refractivity contribution in [3.05, 3.63) is 82.4 Å². The van der Waals surface area contributed by atoms with Gasteiger partial charge in [-0.2, -0.15) is 5.10 Å². The molecule has 0 spiro atoms. The smallest absolute Gasteiger partial charge is 0.337 e. The van der Waals surface area contributed by atoms with Crippen molar-refractivity contribution in [1.29, 1.82) is 0 Å². The van der Waals surface area contributed by atoms with Crippen LogP contribution in [0.5, 0.6) is 0 Å². The summed E-state index contributed by atoms with van der Waals surface area (Å²) in [5.74, 6) is -1.15. The summed E-state index contributed by atoms with van der Waals surface area (Å²) < 4.78 is 19.8. The molecule has 2 aromatic carbocycles. The molecule has 0 saturated carbocycles. The van der Waals surface area contributed by atoms with Crippen LogP contribution in [-0.4, -0.2) is 41.3 Å². The van der Waals surface area contributed by atoms with E-state index in [-0.39, 0.29) is 11.5 Å². The minimum Gasteiger partial charge on any atom is -0.465 e. The highest BCUT2D eigenvalue weighted by molar-refractivity contribution is 6.10. The SMILES string of the molecule is COC(=O)c1cccc(NC(=NCCc2c(C)nn(C)c2C)NC(=O)c2ccc(F)cc2)c1. The summed E-state index contributed by atoms with van der Waals surface area (Å²) >= 11 is 0. The van der Waals surface area contributed by atoms with Crippen molar-refractivity contribution >= 4 is 23.5 Å². The Morgan fingerprint density at radius 3 is 2.48 bits per heavy atom. The number of aryl methyl sites for hydroxylation is 2. The largest absolute Gasteiger partial charge is 0.465 e. The highest BCUT2D eigenvalue weighted by atomic mass is 19.1. The molecule has 33 heavy (non-hydrogen) atoms. The Balaban J connectivity index is 1.82. The third-order valence-electron chi connectivity index (χ3n) is 5.18. The fourth-order valence-corrected chi connectivity index (χ4v) is 3.33. The molecule has 0 bridgehead atoms. The first-order chi connectivity index (χ1) is 15.8. The Morgan fingerprint density at radius 1 is 1.12 bits per heavy atom. The zero-order chi connectivity index (χ0) is 24.0. The van der Waals surface area contributed by atoms with Crippen molar-refractivity contribution in [1.82, 2.24) is 15.1 Å². The molecule has 9 heteroatoms. The average molecular weight is 452 g/mol. The third kappa shape index (κ3) is 6.03. The Hall–Kier alpha value is -4.01. The van der Waals surface area contributed by atoms with Crippen LogP contribution in [0.4, 0.5) is 10.1 Å². The van der Waals surface area contributed by atoms with Gasteiger partial charge in [-0.05, 0) is 68.3 Å². The molecule has 1 aromatic heterocycles. The van der Waals surface area contributed by atoms with Crippen LogP contribution in [0.15, 0.2) is 53.5 Å². The molecule has 2 N–H and O–H groups in total. The summed E-state index contributed by atoms with van der Waals surface area (Å²) in [6.45, 7) is 4.32. The number of guanidine groups is 1. The van der Waals surface area contributed by atoms with E-state index < -0.39 is 17.7 Å². The van der Waals surface area contributed by atoms with Crippen molar-refractivity contribution in [2.45, 2.75) is 20.3 Å². The second-order valence-corrected chi connectivity index (χ2v) is 7.41. The fourth-order valence-electron chi connectivity index (χ4n) is 3.33. The number of rotatable bonds is 6. The van der Waals surface area contributed by atoms with Crippen molar-refractivity contribution in [2.75, 3.05) is 19.0 Å². The maximum absolute atomic E-state index is 13.2. The zero-order valence-electron chi connectivity index (χ0n) is 19.0. The molecule has 0 aliphatic carbocycles. The Kier molecular flexibility index (Phi) is 7.55. The first-order valence-electron chi connectivity index (χ1n) is 10.3. The van der Waals surface area contributed by atoms with Crippen LogP contribution >= 0.6 is 0 Å². The molecule has 3 rings (SSSR count). The Bertz CT molecular complexity index is 1190. The van der Waals surface area contributed by atoms with Crippen molar-refractivity contribution < 1.29 is 18.7 Å². The molecule has 3 aromatic rings. The number of benzene rings is 2. The van der Waals surface area contributed by atoms with Crippen LogP contribution in [0.1, 0.15) is 37.7 Å². The number of ether oxygens (including phenoxy) is 1. The Morgan fingerprint density at radius 2 is 1.85 bits per heavy atom. The van der Waals surface area contributed by atoms with Crippen LogP contribution < -0.4 is 10.6 Å². The topological polar surface area (TPSA) is 97.6 Å². The van der Waals surface area contributed by atoms with Gasteiger partial charge in [0.2, 0.25) is 5.96 Å². The second kappa shape index (κ2) is 10.5. The number of esters is 1. The molecule has 1 heterocycles. The molecule has 8 nitrogen and oxygen atoms in total. The average Bonchev–Trinajstić information content (AvgIpc) is 3.04. The number of hydrogen-bond acceptors (Lipinski definition) is 5. The number of carbonyl (C=O) groups is 2. The van der Waals surface area contributed by atoms with Gasteiger partial charge in [-0.15, -0.1) is 0 Å². The predicted molar refractivity (Wildman–Crippen MR) is 124 cm³/mol. The lowest BCUT2D eigenvalue weighted by Gasteiger charge is -2.13. The number of methoxy groups -OCH3 is 1. The number of nitrogens with zero attached hydrogens (tertiary/aromatic N) is 3. The molecule has 0 aliphatic heterocycles. The second-order valence-electron chi connectivity index (χ2n) is 7.41. The maximum atomic E-state index is 13.2. The molecule has 0 atom stereocenters. The molecule has 1 amide bonds. The maximum Gasteiger partial charge on any atom is 0.337 e. The van der Waals surface area contributed by atoms with E-state index in [1.165, 1.54) is 31.4 Å². The first kappa shape index (κ1) is 23.6. The molecule has 172 valence electrons. The van der Waals surface area contributed by atoms with Crippen molar-refractivity contribution in [3.8, 4) is 0 Å². The molecule has 0 radical (unpaired) electrons. The van der Waals surface area contributed by atoms with Gasteiger partial charge < -0.3 is 10.1 Å². The summed E-state index contributed by atoms with van der Waals surface area (Å²) in [7, 11) is 3.19. The number of halogens is 1. The first-order valence-corrected chi connectivity index (χ1v) is 10.3. The zero-order valence-corrected chi connectivity index (χ0v) is 19.0. The molecule has 0 saturated heterocycles. The minimum absolute atomic E-state index is 0.200. The van der Waals surface area contributed by atoms with E-state index in [0.717, 1.165) is 17.0 Å². The van der Waals surface area contributed by atoms with Gasteiger partial charge in [-0.1, -0.05) is 6.07 Å². The van der Waals surface area contributed by atoms with Crippen molar-refractivity contribution in [2.24, 2.45) is 12.0 Å². The van der Waals surface area contributed by atoms with E-state index in [2.05, 4.69) is 20.7 Å². The number of amides is 1. The summed E-state index contributed by atoms with van der Waals surface area (Å²) in [6.07, 6.45) is 0.630. The van der Waals surface area contributed by atoms with Gasteiger partial charge in [0.15, 0.2) is 0 Å². The van der Waals surface area contributed by atoms with Gasteiger partial charge in [0, 0.05) is 30.5 Å².